The Morgan fingerprint density at radius 3 is 2.87 bits per heavy atom. The molecule has 1 atom stereocenters. The highest BCUT2D eigenvalue weighted by molar-refractivity contribution is 5.11. The van der Waals surface area contributed by atoms with Crippen LogP contribution in [0.15, 0.2) is 12.4 Å². The van der Waals surface area contributed by atoms with Crippen LogP contribution in [0, 0.1) is 11.3 Å². The summed E-state index contributed by atoms with van der Waals surface area (Å²) in [4.78, 5) is 4.52. The Bertz CT molecular complexity index is 363. The largest absolute Gasteiger partial charge is 0.333 e. The monoisotopic (exact) mass is 205 g/mol. The number of nitrogens with zero attached hydrogens (tertiary/aromatic N) is 2. The zero-order valence-corrected chi connectivity index (χ0v) is 9.53. The van der Waals surface area contributed by atoms with Gasteiger partial charge in [0, 0.05) is 25.5 Å². The minimum absolute atomic E-state index is 0.368. The van der Waals surface area contributed by atoms with E-state index in [1.54, 1.807) is 0 Å². The van der Waals surface area contributed by atoms with Crippen LogP contribution in [-0.4, -0.2) is 16.1 Å². The van der Waals surface area contributed by atoms with E-state index in [2.05, 4.69) is 34.9 Å². The lowest BCUT2D eigenvalue weighted by molar-refractivity contribution is 0.117. The fraction of sp³-hybridized carbons (Fsp3) is 0.750. The molecular weight excluding hydrogens is 186 g/mol. The third-order valence-electron chi connectivity index (χ3n) is 3.70. The van der Waals surface area contributed by atoms with Gasteiger partial charge in [0.2, 0.25) is 0 Å². The van der Waals surface area contributed by atoms with Gasteiger partial charge in [-0.1, -0.05) is 13.8 Å². The fourth-order valence-corrected chi connectivity index (χ4v) is 2.37. The molecule has 0 aromatic carbocycles. The summed E-state index contributed by atoms with van der Waals surface area (Å²) >= 11 is 0. The molecule has 1 saturated heterocycles. The van der Waals surface area contributed by atoms with E-state index in [1.807, 2.05) is 6.20 Å². The lowest BCUT2D eigenvalue weighted by Gasteiger charge is -2.45. The number of imidazole rings is 1. The Balaban J connectivity index is 1.81. The van der Waals surface area contributed by atoms with Crippen LogP contribution >= 0.6 is 0 Å². The smallest absolute Gasteiger partial charge is 0.126 e. The summed E-state index contributed by atoms with van der Waals surface area (Å²) in [6, 6.07) is 0.450. The molecule has 1 aromatic heterocycles. The maximum Gasteiger partial charge on any atom is 0.126 e. The van der Waals surface area contributed by atoms with Gasteiger partial charge in [-0.2, -0.15) is 0 Å². The lowest BCUT2D eigenvalue weighted by atomic mass is 9.77. The van der Waals surface area contributed by atoms with E-state index in [-0.39, 0.29) is 0 Å². The molecule has 1 unspecified atom stereocenters. The molecule has 2 aliphatic rings. The molecule has 2 heterocycles. The second-order valence-corrected chi connectivity index (χ2v) is 5.68. The van der Waals surface area contributed by atoms with E-state index >= 15 is 0 Å². The van der Waals surface area contributed by atoms with Gasteiger partial charge in [-0.05, 0) is 24.2 Å². The molecule has 3 heteroatoms. The number of aromatic nitrogens is 2. The molecule has 0 radical (unpaired) electrons. The van der Waals surface area contributed by atoms with Gasteiger partial charge in [0.25, 0.3) is 0 Å². The quantitative estimate of drug-likeness (QED) is 0.817. The summed E-state index contributed by atoms with van der Waals surface area (Å²) < 4.78 is 2.34. The van der Waals surface area contributed by atoms with Crippen molar-refractivity contribution < 1.29 is 0 Å². The number of rotatable bonds is 3. The van der Waals surface area contributed by atoms with Gasteiger partial charge >= 0.3 is 0 Å². The maximum absolute atomic E-state index is 4.52. The molecule has 15 heavy (non-hydrogen) atoms. The van der Waals surface area contributed by atoms with Gasteiger partial charge in [-0.25, -0.2) is 4.98 Å². The molecule has 82 valence electrons. The van der Waals surface area contributed by atoms with Crippen LogP contribution in [0.2, 0.25) is 0 Å². The highest BCUT2D eigenvalue weighted by Gasteiger charge is 2.41. The van der Waals surface area contributed by atoms with E-state index in [4.69, 9.17) is 0 Å². The minimum atomic E-state index is 0.368. The topological polar surface area (TPSA) is 29.9 Å². The van der Waals surface area contributed by atoms with Crippen LogP contribution in [0.4, 0.5) is 0 Å². The van der Waals surface area contributed by atoms with Crippen molar-refractivity contribution in [2.75, 3.05) is 6.54 Å². The Morgan fingerprint density at radius 1 is 1.53 bits per heavy atom. The highest BCUT2D eigenvalue weighted by atomic mass is 15.2. The third kappa shape index (κ3) is 1.59. The summed E-state index contributed by atoms with van der Waals surface area (Å²) in [6.45, 7) is 6.90. The average molecular weight is 205 g/mol. The van der Waals surface area contributed by atoms with E-state index in [0.29, 0.717) is 11.5 Å². The molecule has 1 aromatic rings. The number of hydrogen-bond donors (Lipinski definition) is 1. The molecule has 1 aliphatic carbocycles. The molecular formula is C12H19N3. The van der Waals surface area contributed by atoms with E-state index in [1.165, 1.54) is 25.2 Å². The first-order valence-electron chi connectivity index (χ1n) is 5.91. The van der Waals surface area contributed by atoms with Crippen LogP contribution in [0.3, 0.4) is 0 Å². The van der Waals surface area contributed by atoms with Crippen molar-refractivity contribution in [3.05, 3.63) is 18.2 Å². The van der Waals surface area contributed by atoms with Crippen LogP contribution in [0.25, 0.3) is 0 Å². The van der Waals surface area contributed by atoms with Gasteiger partial charge in [0.1, 0.15) is 5.82 Å². The molecule has 0 amide bonds. The van der Waals surface area contributed by atoms with Crippen molar-refractivity contribution in [1.82, 2.24) is 14.9 Å². The number of hydrogen-bond acceptors (Lipinski definition) is 2. The first-order chi connectivity index (χ1) is 7.17. The zero-order valence-electron chi connectivity index (χ0n) is 9.53. The van der Waals surface area contributed by atoms with Crippen LogP contribution in [0.5, 0.6) is 0 Å². The van der Waals surface area contributed by atoms with Crippen LogP contribution in [0.1, 0.15) is 38.6 Å². The summed E-state index contributed by atoms with van der Waals surface area (Å²) in [5, 5.41) is 3.49. The summed E-state index contributed by atoms with van der Waals surface area (Å²) in [5.74, 6) is 2.15. The highest BCUT2D eigenvalue weighted by Crippen LogP contribution is 2.40. The molecule has 0 spiro atoms. The van der Waals surface area contributed by atoms with Gasteiger partial charge in [-0.15, -0.1) is 0 Å². The number of nitrogens with one attached hydrogen (secondary N) is 1. The van der Waals surface area contributed by atoms with Crippen molar-refractivity contribution in [3.8, 4) is 0 Å². The Labute approximate surface area is 90.9 Å². The van der Waals surface area contributed by atoms with Crippen molar-refractivity contribution in [2.24, 2.45) is 11.3 Å². The third-order valence-corrected chi connectivity index (χ3v) is 3.70. The van der Waals surface area contributed by atoms with Gasteiger partial charge < -0.3 is 9.88 Å². The zero-order chi connectivity index (χ0) is 10.5. The van der Waals surface area contributed by atoms with E-state index in [0.717, 1.165) is 12.5 Å². The van der Waals surface area contributed by atoms with Crippen LogP contribution < -0.4 is 5.32 Å². The van der Waals surface area contributed by atoms with Gasteiger partial charge in [0.05, 0.1) is 6.04 Å². The fourth-order valence-electron chi connectivity index (χ4n) is 2.37. The molecule has 1 N–H and O–H groups in total. The Morgan fingerprint density at radius 2 is 2.33 bits per heavy atom. The van der Waals surface area contributed by atoms with E-state index in [9.17, 15) is 0 Å². The predicted molar refractivity (Wildman–Crippen MR) is 59.5 cm³/mol. The molecule has 3 rings (SSSR count). The summed E-state index contributed by atoms with van der Waals surface area (Å²) in [6.07, 6.45) is 6.87. The first-order valence-corrected chi connectivity index (χ1v) is 5.91. The standard InChI is InChI=1S/C12H19N3/c1-12(2)8-14-10(12)11-13-5-6-15(11)7-9-3-4-9/h5-6,9-10,14H,3-4,7-8H2,1-2H3. The molecule has 2 fully saturated rings. The summed E-state index contributed by atoms with van der Waals surface area (Å²) in [7, 11) is 0. The average Bonchev–Trinajstić information content (AvgIpc) is 2.87. The summed E-state index contributed by atoms with van der Waals surface area (Å²) in [5.41, 5.74) is 0.368. The van der Waals surface area contributed by atoms with Crippen molar-refractivity contribution >= 4 is 0 Å². The molecule has 1 saturated carbocycles. The minimum Gasteiger partial charge on any atom is -0.333 e. The SMILES string of the molecule is CC1(C)CNC1c1nccn1CC1CC1. The second kappa shape index (κ2) is 3.08. The predicted octanol–water partition coefficient (Wildman–Crippen LogP) is 1.96. The Hall–Kier alpha value is -0.830. The van der Waals surface area contributed by atoms with Crippen LogP contribution in [-0.2, 0) is 6.54 Å². The van der Waals surface area contributed by atoms with Gasteiger partial charge in [-0.3, -0.25) is 0 Å². The molecule has 1 aliphatic heterocycles. The molecule has 3 nitrogen and oxygen atoms in total. The first kappa shape index (κ1) is 9.40. The second-order valence-electron chi connectivity index (χ2n) is 5.68. The van der Waals surface area contributed by atoms with Crippen molar-refractivity contribution in [2.45, 2.75) is 39.3 Å². The van der Waals surface area contributed by atoms with Crippen molar-refractivity contribution in [1.29, 1.82) is 0 Å². The van der Waals surface area contributed by atoms with Gasteiger partial charge in [0.15, 0.2) is 0 Å². The maximum atomic E-state index is 4.52. The molecule has 0 bridgehead atoms. The van der Waals surface area contributed by atoms with E-state index < -0.39 is 0 Å². The van der Waals surface area contributed by atoms with Crippen molar-refractivity contribution in [3.63, 3.8) is 0 Å². The Kier molecular flexibility index (Phi) is 1.93. The lowest BCUT2D eigenvalue weighted by Crippen LogP contribution is -2.53. The normalized spacial score (nSPS) is 28.8.